The molecule has 9 heteroatoms. The summed E-state index contributed by atoms with van der Waals surface area (Å²) in [5, 5.41) is 2.50. The molecule has 2 aromatic heterocycles. The Labute approximate surface area is 100 Å². The van der Waals surface area contributed by atoms with Gasteiger partial charge in [0.05, 0.1) is 12.4 Å². The molecule has 0 bridgehead atoms. The van der Waals surface area contributed by atoms with Crippen LogP contribution in [0.15, 0.2) is 23.2 Å². The van der Waals surface area contributed by atoms with E-state index in [1.165, 1.54) is 12.4 Å². The normalized spacial score (nSPS) is 10.0. The lowest BCUT2D eigenvalue weighted by Crippen LogP contribution is -2.16. The van der Waals surface area contributed by atoms with Gasteiger partial charge < -0.3 is 15.2 Å². The van der Waals surface area contributed by atoms with Crippen molar-refractivity contribution in [3.8, 4) is 0 Å². The first-order chi connectivity index (χ1) is 8.20. The number of carbonyl (C=O) groups is 1. The summed E-state index contributed by atoms with van der Waals surface area (Å²) in [5.74, 6) is 4.98. The SMILES string of the molecule is NNc1nc(Cl)ncc1NC(=O)c1cnco1. The Bertz CT molecular complexity index is 529. The van der Waals surface area contributed by atoms with E-state index in [0.29, 0.717) is 0 Å². The molecule has 2 rings (SSSR count). The highest BCUT2D eigenvalue weighted by Crippen LogP contribution is 2.19. The highest BCUT2D eigenvalue weighted by Gasteiger charge is 2.13. The van der Waals surface area contributed by atoms with Gasteiger partial charge in [-0.3, -0.25) is 4.79 Å². The molecule has 0 aliphatic carbocycles. The Morgan fingerprint density at radius 2 is 2.29 bits per heavy atom. The monoisotopic (exact) mass is 254 g/mol. The Hall–Kier alpha value is -2.19. The minimum absolute atomic E-state index is 0.00983. The maximum atomic E-state index is 11.6. The molecule has 0 atom stereocenters. The van der Waals surface area contributed by atoms with Crippen molar-refractivity contribution in [2.75, 3.05) is 10.7 Å². The Morgan fingerprint density at radius 3 is 2.94 bits per heavy atom. The molecule has 2 aromatic rings. The van der Waals surface area contributed by atoms with Crippen molar-refractivity contribution in [2.45, 2.75) is 0 Å². The number of carbonyl (C=O) groups excluding carboxylic acids is 1. The maximum absolute atomic E-state index is 11.6. The van der Waals surface area contributed by atoms with Crippen molar-refractivity contribution in [2.24, 2.45) is 5.84 Å². The number of rotatable bonds is 3. The number of oxazole rings is 1. The summed E-state index contributed by atoms with van der Waals surface area (Å²) in [5.41, 5.74) is 2.57. The first-order valence-corrected chi connectivity index (χ1v) is 4.77. The fourth-order valence-corrected chi connectivity index (χ4v) is 1.21. The quantitative estimate of drug-likeness (QED) is 0.418. The van der Waals surface area contributed by atoms with E-state index in [9.17, 15) is 4.79 Å². The molecular weight excluding hydrogens is 248 g/mol. The fraction of sp³-hybridized carbons (Fsp3) is 0. The molecule has 1 amide bonds. The van der Waals surface area contributed by atoms with Gasteiger partial charge in [-0.2, -0.15) is 4.98 Å². The molecule has 0 aliphatic heterocycles. The van der Waals surface area contributed by atoms with E-state index in [-0.39, 0.29) is 22.5 Å². The maximum Gasteiger partial charge on any atom is 0.293 e. The molecule has 0 aromatic carbocycles. The smallest absolute Gasteiger partial charge is 0.293 e. The van der Waals surface area contributed by atoms with Crippen LogP contribution in [-0.4, -0.2) is 20.9 Å². The summed E-state index contributed by atoms with van der Waals surface area (Å²) >= 11 is 5.57. The van der Waals surface area contributed by atoms with Crippen LogP contribution in [0, 0.1) is 0 Å². The van der Waals surface area contributed by atoms with E-state index in [4.69, 9.17) is 21.9 Å². The second-order valence-corrected chi connectivity index (χ2v) is 3.20. The zero-order chi connectivity index (χ0) is 12.3. The number of nitrogen functional groups attached to an aromatic ring is 1. The van der Waals surface area contributed by atoms with Crippen molar-refractivity contribution in [3.63, 3.8) is 0 Å². The predicted molar refractivity (Wildman–Crippen MR) is 59.3 cm³/mol. The number of halogens is 1. The summed E-state index contributed by atoms with van der Waals surface area (Å²) in [6.45, 7) is 0. The third-order valence-corrected chi connectivity index (χ3v) is 1.98. The third-order valence-electron chi connectivity index (χ3n) is 1.80. The van der Waals surface area contributed by atoms with Crippen molar-refractivity contribution < 1.29 is 9.21 Å². The molecule has 0 unspecified atom stereocenters. The van der Waals surface area contributed by atoms with Crippen molar-refractivity contribution in [3.05, 3.63) is 29.8 Å². The van der Waals surface area contributed by atoms with Crippen LogP contribution in [-0.2, 0) is 0 Å². The molecule has 8 nitrogen and oxygen atoms in total. The van der Waals surface area contributed by atoms with Crippen LogP contribution in [0.25, 0.3) is 0 Å². The molecule has 88 valence electrons. The second kappa shape index (κ2) is 4.76. The highest BCUT2D eigenvalue weighted by atomic mass is 35.5. The van der Waals surface area contributed by atoms with Gasteiger partial charge in [-0.15, -0.1) is 0 Å². The molecule has 4 N–H and O–H groups in total. The molecule has 0 aliphatic rings. The average molecular weight is 255 g/mol. The van der Waals surface area contributed by atoms with Crippen LogP contribution < -0.4 is 16.6 Å². The van der Waals surface area contributed by atoms with Gasteiger partial charge >= 0.3 is 0 Å². The predicted octanol–water partition coefficient (Wildman–Crippen LogP) is 0.656. The topological polar surface area (TPSA) is 119 Å². The first-order valence-electron chi connectivity index (χ1n) is 4.39. The lowest BCUT2D eigenvalue weighted by molar-refractivity contribution is 0.0996. The Morgan fingerprint density at radius 1 is 1.47 bits per heavy atom. The molecule has 17 heavy (non-hydrogen) atoms. The summed E-state index contributed by atoms with van der Waals surface area (Å²) in [6.07, 6.45) is 3.75. The van der Waals surface area contributed by atoms with Crippen LogP contribution >= 0.6 is 11.6 Å². The Balaban J connectivity index is 2.21. The number of nitrogens with one attached hydrogen (secondary N) is 2. The molecule has 0 radical (unpaired) electrons. The molecular formula is C8H7ClN6O2. The van der Waals surface area contributed by atoms with Gasteiger partial charge in [-0.25, -0.2) is 15.8 Å². The van der Waals surface area contributed by atoms with Gasteiger partial charge in [0.2, 0.25) is 11.0 Å². The summed E-state index contributed by atoms with van der Waals surface area (Å²) in [4.78, 5) is 22.8. The number of hydrazine groups is 1. The number of nitrogens with two attached hydrogens (primary N) is 1. The van der Waals surface area contributed by atoms with Crippen LogP contribution in [0.1, 0.15) is 10.6 Å². The van der Waals surface area contributed by atoms with E-state index in [0.717, 1.165) is 6.39 Å². The lowest BCUT2D eigenvalue weighted by atomic mass is 10.4. The van der Waals surface area contributed by atoms with Crippen LogP contribution in [0.4, 0.5) is 11.5 Å². The van der Waals surface area contributed by atoms with Crippen molar-refractivity contribution >= 4 is 29.0 Å². The van der Waals surface area contributed by atoms with Gasteiger partial charge in [0.15, 0.2) is 12.2 Å². The largest absolute Gasteiger partial charge is 0.438 e. The van der Waals surface area contributed by atoms with E-state index >= 15 is 0 Å². The van der Waals surface area contributed by atoms with Gasteiger partial charge in [0.25, 0.3) is 5.91 Å². The van der Waals surface area contributed by atoms with Gasteiger partial charge in [0.1, 0.15) is 5.69 Å². The third kappa shape index (κ3) is 2.49. The lowest BCUT2D eigenvalue weighted by Gasteiger charge is -2.07. The number of amides is 1. The molecule has 0 spiro atoms. The van der Waals surface area contributed by atoms with Crippen LogP contribution in [0.2, 0.25) is 5.28 Å². The molecule has 0 saturated heterocycles. The van der Waals surface area contributed by atoms with E-state index in [2.05, 4.69) is 25.7 Å². The zero-order valence-corrected chi connectivity index (χ0v) is 9.10. The minimum atomic E-state index is -0.495. The summed E-state index contributed by atoms with van der Waals surface area (Å²) < 4.78 is 4.82. The number of nitrogens with zero attached hydrogens (tertiary/aromatic N) is 3. The molecule has 0 saturated carbocycles. The second-order valence-electron chi connectivity index (χ2n) is 2.87. The first kappa shape index (κ1) is 11.3. The number of aromatic nitrogens is 3. The van der Waals surface area contributed by atoms with E-state index < -0.39 is 5.91 Å². The fourth-order valence-electron chi connectivity index (χ4n) is 1.07. The van der Waals surface area contributed by atoms with Crippen molar-refractivity contribution in [1.29, 1.82) is 0 Å². The van der Waals surface area contributed by atoms with Crippen molar-refractivity contribution in [1.82, 2.24) is 15.0 Å². The molecule has 2 heterocycles. The number of anilines is 2. The van der Waals surface area contributed by atoms with Gasteiger partial charge in [0, 0.05) is 0 Å². The van der Waals surface area contributed by atoms with Gasteiger partial charge in [-0.1, -0.05) is 0 Å². The Kier molecular flexibility index (Phi) is 3.17. The van der Waals surface area contributed by atoms with Gasteiger partial charge in [-0.05, 0) is 11.6 Å². The minimum Gasteiger partial charge on any atom is -0.438 e. The number of hydrogen-bond donors (Lipinski definition) is 3. The van der Waals surface area contributed by atoms with E-state index in [1.54, 1.807) is 0 Å². The van der Waals surface area contributed by atoms with Crippen LogP contribution in [0.3, 0.4) is 0 Å². The standard InChI is InChI=1S/C8H7ClN6O2/c9-8-12-1-4(6(14-8)15-10)13-7(16)5-2-11-3-17-5/h1-3H,10H2,(H,13,16)(H,12,14,15). The van der Waals surface area contributed by atoms with Crippen LogP contribution in [0.5, 0.6) is 0 Å². The summed E-state index contributed by atoms with van der Waals surface area (Å²) in [6, 6.07) is 0. The number of hydrogen-bond acceptors (Lipinski definition) is 7. The van der Waals surface area contributed by atoms with E-state index in [1.807, 2.05) is 0 Å². The molecule has 0 fully saturated rings. The highest BCUT2D eigenvalue weighted by molar-refractivity contribution is 6.28. The summed E-state index contributed by atoms with van der Waals surface area (Å²) in [7, 11) is 0. The zero-order valence-electron chi connectivity index (χ0n) is 8.35. The average Bonchev–Trinajstić information content (AvgIpc) is 2.85.